The van der Waals surface area contributed by atoms with Crippen molar-refractivity contribution >= 4 is 33.2 Å². The molecule has 1 amide bonds. The number of amides is 1. The molecule has 2 aromatic carbocycles. The highest BCUT2D eigenvalue weighted by Crippen LogP contribution is 2.26. The Morgan fingerprint density at radius 3 is 2.64 bits per heavy atom. The van der Waals surface area contributed by atoms with Crippen LogP contribution in [0.1, 0.15) is 34.3 Å². The van der Waals surface area contributed by atoms with Crippen LogP contribution in [0.15, 0.2) is 41.3 Å². The lowest BCUT2D eigenvalue weighted by molar-refractivity contribution is 0.0857. The SMILES string of the molecule is Cc1ccc(NS(=O)(=O)c2cc(C(=O)NCC3CCCO3)ccc2Cl)cc1C. The molecule has 150 valence electrons. The van der Waals surface area contributed by atoms with Gasteiger partial charge in [-0.15, -0.1) is 0 Å². The van der Waals surface area contributed by atoms with Gasteiger partial charge in [0.1, 0.15) is 4.90 Å². The second-order valence-corrected chi connectivity index (χ2v) is 8.95. The van der Waals surface area contributed by atoms with E-state index in [1.807, 2.05) is 19.9 Å². The minimum Gasteiger partial charge on any atom is -0.376 e. The van der Waals surface area contributed by atoms with Crippen molar-refractivity contribution in [3.63, 3.8) is 0 Å². The number of hydrogen-bond acceptors (Lipinski definition) is 4. The van der Waals surface area contributed by atoms with Crippen molar-refractivity contribution in [2.24, 2.45) is 0 Å². The summed E-state index contributed by atoms with van der Waals surface area (Å²) in [6.07, 6.45) is 1.89. The van der Waals surface area contributed by atoms with E-state index in [1.54, 1.807) is 12.1 Å². The van der Waals surface area contributed by atoms with Gasteiger partial charge >= 0.3 is 0 Å². The van der Waals surface area contributed by atoms with Gasteiger partial charge in [0.05, 0.1) is 11.1 Å². The van der Waals surface area contributed by atoms with Gasteiger partial charge in [-0.05, 0) is 68.1 Å². The first-order valence-corrected chi connectivity index (χ1v) is 10.9. The number of hydrogen-bond donors (Lipinski definition) is 2. The number of anilines is 1. The van der Waals surface area contributed by atoms with Crippen molar-refractivity contribution in [2.75, 3.05) is 17.9 Å². The molecule has 8 heteroatoms. The van der Waals surface area contributed by atoms with Crippen molar-refractivity contribution in [3.05, 3.63) is 58.1 Å². The molecule has 2 aromatic rings. The van der Waals surface area contributed by atoms with Crippen molar-refractivity contribution in [1.82, 2.24) is 5.32 Å². The highest BCUT2D eigenvalue weighted by atomic mass is 35.5. The van der Waals surface area contributed by atoms with Crippen LogP contribution >= 0.6 is 11.6 Å². The topological polar surface area (TPSA) is 84.5 Å². The number of halogens is 1. The summed E-state index contributed by atoms with van der Waals surface area (Å²) in [6, 6.07) is 9.48. The van der Waals surface area contributed by atoms with Gasteiger partial charge in [0, 0.05) is 24.4 Å². The number of sulfonamides is 1. The maximum atomic E-state index is 12.8. The van der Waals surface area contributed by atoms with Crippen LogP contribution in [0, 0.1) is 13.8 Å². The molecule has 0 aromatic heterocycles. The van der Waals surface area contributed by atoms with E-state index in [1.165, 1.54) is 18.2 Å². The maximum Gasteiger partial charge on any atom is 0.263 e. The Hall–Kier alpha value is -2.09. The van der Waals surface area contributed by atoms with Gasteiger partial charge in [0.15, 0.2) is 0 Å². The molecule has 0 saturated carbocycles. The van der Waals surface area contributed by atoms with E-state index < -0.39 is 10.0 Å². The number of aryl methyl sites for hydroxylation is 2. The Balaban J connectivity index is 1.79. The minimum atomic E-state index is -3.95. The first-order chi connectivity index (χ1) is 13.3. The molecule has 3 rings (SSSR count). The highest BCUT2D eigenvalue weighted by molar-refractivity contribution is 7.92. The highest BCUT2D eigenvalue weighted by Gasteiger charge is 2.22. The molecule has 1 atom stereocenters. The van der Waals surface area contributed by atoms with E-state index in [9.17, 15) is 13.2 Å². The van der Waals surface area contributed by atoms with Crippen molar-refractivity contribution in [2.45, 2.75) is 37.7 Å². The van der Waals surface area contributed by atoms with E-state index in [-0.39, 0.29) is 27.5 Å². The fourth-order valence-electron chi connectivity index (χ4n) is 2.98. The summed E-state index contributed by atoms with van der Waals surface area (Å²) < 4.78 is 33.6. The van der Waals surface area contributed by atoms with Gasteiger partial charge in [-0.3, -0.25) is 9.52 Å². The summed E-state index contributed by atoms with van der Waals surface area (Å²) in [7, 11) is -3.95. The Bertz CT molecular complexity index is 986. The molecule has 1 unspecified atom stereocenters. The normalized spacial score (nSPS) is 16.8. The van der Waals surface area contributed by atoms with Crippen LogP contribution in [0.2, 0.25) is 5.02 Å². The summed E-state index contributed by atoms with van der Waals surface area (Å²) >= 11 is 6.12. The number of rotatable bonds is 6. The molecule has 1 aliphatic heterocycles. The molecule has 0 bridgehead atoms. The van der Waals surface area contributed by atoms with Crippen LogP contribution in [0.3, 0.4) is 0 Å². The molecular weight excluding hydrogens is 400 g/mol. The summed E-state index contributed by atoms with van der Waals surface area (Å²) in [5.74, 6) is -0.366. The van der Waals surface area contributed by atoms with Crippen LogP contribution < -0.4 is 10.0 Å². The number of benzene rings is 2. The van der Waals surface area contributed by atoms with E-state index in [2.05, 4.69) is 10.0 Å². The molecule has 0 aliphatic carbocycles. The van der Waals surface area contributed by atoms with Crippen LogP contribution in [0.4, 0.5) is 5.69 Å². The molecule has 2 N–H and O–H groups in total. The van der Waals surface area contributed by atoms with E-state index in [0.717, 1.165) is 24.0 Å². The molecular formula is C20H23ClN2O4S. The van der Waals surface area contributed by atoms with E-state index >= 15 is 0 Å². The average molecular weight is 423 g/mol. The zero-order valence-corrected chi connectivity index (χ0v) is 17.4. The number of ether oxygens (including phenoxy) is 1. The second-order valence-electron chi connectivity index (χ2n) is 6.89. The summed E-state index contributed by atoms with van der Waals surface area (Å²) in [6.45, 7) is 4.95. The molecule has 1 saturated heterocycles. The average Bonchev–Trinajstić information content (AvgIpc) is 3.16. The molecule has 0 spiro atoms. The van der Waals surface area contributed by atoms with Crippen molar-refractivity contribution in [1.29, 1.82) is 0 Å². The summed E-state index contributed by atoms with van der Waals surface area (Å²) in [5, 5.41) is 2.83. The molecule has 1 heterocycles. The Morgan fingerprint density at radius 1 is 1.18 bits per heavy atom. The smallest absolute Gasteiger partial charge is 0.263 e. The monoisotopic (exact) mass is 422 g/mol. The first kappa shape index (κ1) is 20.6. The standard InChI is InChI=1S/C20H23ClN2O4S/c1-13-5-7-16(10-14(13)2)23-28(25,26)19-11-15(6-8-18(19)21)20(24)22-12-17-4-3-9-27-17/h5-8,10-11,17,23H,3-4,9,12H2,1-2H3,(H,22,24). The zero-order chi connectivity index (χ0) is 20.3. The Kier molecular flexibility index (Phi) is 6.27. The van der Waals surface area contributed by atoms with Gasteiger partial charge < -0.3 is 10.1 Å². The predicted octanol–water partition coefficient (Wildman–Crippen LogP) is 3.67. The van der Waals surface area contributed by atoms with Crippen LogP contribution in [0.25, 0.3) is 0 Å². The zero-order valence-electron chi connectivity index (χ0n) is 15.8. The van der Waals surface area contributed by atoms with Crippen LogP contribution in [0.5, 0.6) is 0 Å². The molecule has 1 fully saturated rings. The second kappa shape index (κ2) is 8.51. The molecule has 28 heavy (non-hydrogen) atoms. The van der Waals surface area contributed by atoms with Gasteiger partial charge in [-0.25, -0.2) is 8.42 Å². The first-order valence-electron chi connectivity index (χ1n) is 9.06. The van der Waals surface area contributed by atoms with Crippen LogP contribution in [-0.2, 0) is 14.8 Å². The lowest BCUT2D eigenvalue weighted by Gasteiger charge is -2.13. The Labute approximate surface area is 170 Å². The molecule has 6 nitrogen and oxygen atoms in total. The van der Waals surface area contributed by atoms with Gasteiger partial charge in [0.25, 0.3) is 15.9 Å². The largest absolute Gasteiger partial charge is 0.376 e. The molecule has 0 radical (unpaired) electrons. The lowest BCUT2D eigenvalue weighted by atomic mass is 10.1. The van der Waals surface area contributed by atoms with E-state index in [0.29, 0.717) is 18.8 Å². The predicted molar refractivity (Wildman–Crippen MR) is 109 cm³/mol. The maximum absolute atomic E-state index is 12.8. The van der Waals surface area contributed by atoms with Gasteiger partial charge in [-0.1, -0.05) is 17.7 Å². The third-order valence-corrected chi connectivity index (χ3v) is 6.62. The van der Waals surface area contributed by atoms with E-state index in [4.69, 9.17) is 16.3 Å². The summed E-state index contributed by atoms with van der Waals surface area (Å²) in [4.78, 5) is 12.3. The molecule has 1 aliphatic rings. The minimum absolute atomic E-state index is 0.00546. The van der Waals surface area contributed by atoms with Gasteiger partial charge in [-0.2, -0.15) is 0 Å². The quantitative estimate of drug-likeness (QED) is 0.743. The lowest BCUT2D eigenvalue weighted by Crippen LogP contribution is -2.31. The third-order valence-electron chi connectivity index (χ3n) is 4.76. The van der Waals surface area contributed by atoms with Crippen molar-refractivity contribution < 1.29 is 17.9 Å². The van der Waals surface area contributed by atoms with Gasteiger partial charge in [0.2, 0.25) is 0 Å². The number of carbonyl (C=O) groups is 1. The fraction of sp³-hybridized carbons (Fsp3) is 0.350. The van der Waals surface area contributed by atoms with Crippen LogP contribution in [-0.4, -0.2) is 33.6 Å². The Morgan fingerprint density at radius 2 is 1.96 bits per heavy atom. The third kappa shape index (κ3) is 4.84. The van der Waals surface area contributed by atoms with Crippen molar-refractivity contribution in [3.8, 4) is 0 Å². The number of carbonyl (C=O) groups excluding carboxylic acids is 1. The number of nitrogens with one attached hydrogen (secondary N) is 2. The fourth-order valence-corrected chi connectivity index (χ4v) is 4.56. The summed E-state index contributed by atoms with van der Waals surface area (Å²) in [5.41, 5.74) is 2.69.